The minimum Gasteiger partial charge on any atom is -0.452 e. The number of anilines is 1. The Morgan fingerprint density at radius 2 is 1.95 bits per heavy atom. The van der Waals surface area contributed by atoms with Gasteiger partial charge in [-0.15, -0.1) is 3.89 Å². The van der Waals surface area contributed by atoms with Gasteiger partial charge in [-0.25, -0.2) is 0 Å². The Bertz CT molecular complexity index is 726. The molecule has 2 aromatic rings. The number of hydrogen-bond acceptors (Lipinski definition) is 4. The summed E-state index contributed by atoms with van der Waals surface area (Å²) in [5.41, 5.74) is -0.153. The van der Waals surface area contributed by atoms with Crippen molar-refractivity contribution in [1.29, 1.82) is 0 Å². The van der Waals surface area contributed by atoms with E-state index in [4.69, 9.17) is 16.0 Å². The van der Waals surface area contributed by atoms with Gasteiger partial charge in [0.15, 0.2) is 0 Å². The van der Waals surface area contributed by atoms with Crippen LogP contribution in [0, 0.1) is 0 Å². The van der Waals surface area contributed by atoms with Crippen molar-refractivity contribution >= 4 is 33.4 Å². The summed E-state index contributed by atoms with van der Waals surface area (Å²) in [6.07, 6.45) is 1.20. The molecule has 1 heterocycles. The largest absolute Gasteiger partial charge is 0.452 e. The molecule has 0 aliphatic heterocycles. The van der Waals surface area contributed by atoms with Crippen molar-refractivity contribution in [3.63, 3.8) is 0 Å². The molecule has 0 saturated heterocycles. The number of para-hydroxylation sites is 1. The molecular formula is C11H7ClFNO4S. The SMILES string of the molecule is O=C(Nc1ccccc1S(=O)(=O)F)c1ccoc1Cl. The first-order chi connectivity index (χ1) is 8.89. The molecule has 1 aromatic carbocycles. The maximum absolute atomic E-state index is 13.0. The summed E-state index contributed by atoms with van der Waals surface area (Å²) < 4.78 is 39.6. The lowest BCUT2D eigenvalue weighted by Crippen LogP contribution is -2.13. The van der Waals surface area contributed by atoms with Gasteiger partial charge in [0.05, 0.1) is 17.5 Å². The third-order valence-corrected chi connectivity index (χ3v) is 3.43. The van der Waals surface area contributed by atoms with E-state index in [2.05, 4.69) is 5.32 Å². The zero-order valence-corrected chi connectivity index (χ0v) is 10.8. The molecule has 1 aromatic heterocycles. The number of nitrogens with one attached hydrogen (secondary N) is 1. The number of benzene rings is 1. The van der Waals surface area contributed by atoms with Crippen LogP contribution < -0.4 is 5.32 Å². The Labute approximate surface area is 113 Å². The van der Waals surface area contributed by atoms with E-state index in [9.17, 15) is 17.1 Å². The smallest absolute Gasteiger partial charge is 0.334 e. The zero-order chi connectivity index (χ0) is 14.0. The summed E-state index contributed by atoms with van der Waals surface area (Å²) in [5.74, 6) is -0.699. The van der Waals surface area contributed by atoms with Gasteiger partial charge in [-0.05, 0) is 29.8 Å². The van der Waals surface area contributed by atoms with Crippen molar-refractivity contribution in [2.75, 3.05) is 5.32 Å². The molecule has 100 valence electrons. The zero-order valence-electron chi connectivity index (χ0n) is 9.26. The maximum atomic E-state index is 13.0. The first-order valence-electron chi connectivity index (χ1n) is 4.97. The van der Waals surface area contributed by atoms with E-state index in [1.165, 1.54) is 30.5 Å². The van der Waals surface area contributed by atoms with E-state index in [0.29, 0.717) is 0 Å². The summed E-state index contributed by atoms with van der Waals surface area (Å²) in [6.45, 7) is 0. The number of hydrogen-bond donors (Lipinski definition) is 1. The third kappa shape index (κ3) is 2.94. The van der Waals surface area contributed by atoms with Crippen LogP contribution in [0.3, 0.4) is 0 Å². The molecule has 0 fully saturated rings. The number of rotatable bonds is 3. The lowest BCUT2D eigenvalue weighted by atomic mass is 10.3. The van der Waals surface area contributed by atoms with Crippen molar-refractivity contribution in [3.8, 4) is 0 Å². The molecule has 5 nitrogen and oxygen atoms in total. The molecule has 19 heavy (non-hydrogen) atoms. The van der Waals surface area contributed by atoms with Gasteiger partial charge in [-0.1, -0.05) is 12.1 Å². The molecule has 0 radical (unpaired) electrons. The average molecular weight is 304 g/mol. The molecule has 0 saturated carbocycles. The van der Waals surface area contributed by atoms with Crippen LogP contribution in [-0.2, 0) is 10.2 Å². The molecule has 8 heteroatoms. The summed E-state index contributed by atoms with van der Waals surface area (Å²) in [4.78, 5) is 11.2. The van der Waals surface area contributed by atoms with Crippen LogP contribution in [0.15, 0.2) is 45.9 Å². The van der Waals surface area contributed by atoms with Crippen molar-refractivity contribution in [2.24, 2.45) is 0 Å². The van der Waals surface area contributed by atoms with E-state index in [1.54, 1.807) is 0 Å². The highest BCUT2D eigenvalue weighted by molar-refractivity contribution is 7.86. The van der Waals surface area contributed by atoms with Crippen molar-refractivity contribution in [2.45, 2.75) is 4.90 Å². The topological polar surface area (TPSA) is 76.4 Å². The van der Waals surface area contributed by atoms with Crippen LogP contribution in [0.1, 0.15) is 10.4 Å². The Morgan fingerprint density at radius 3 is 2.53 bits per heavy atom. The van der Waals surface area contributed by atoms with Gasteiger partial charge in [0.25, 0.3) is 5.91 Å². The average Bonchev–Trinajstić information content (AvgIpc) is 2.75. The monoisotopic (exact) mass is 303 g/mol. The molecule has 1 amide bonds. The minimum absolute atomic E-state index is 0.0210. The highest BCUT2D eigenvalue weighted by atomic mass is 35.5. The fourth-order valence-electron chi connectivity index (χ4n) is 1.43. The van der Waals surface area contributed by atoms with Gasteiger partial charge in [0, 0.05) is 0 Å². The Morgan fingerprint density at radius 1 is 1.26 bits per heavy atom. The molecule has 0 bridgehead atoms. The molecule has 0 aliphatic rings. The predicted octanol–water partition coefficient (Wildman–Crippen LogP) is 2.84. The first-order valence-corrected chi connectivity index (χ1v) is 6.74. The molecule has 0 spiro atoms. The second kappa shape index (κ2) is 5.02. The minimum atomic E-state index is -4.93. The van der Waals surface area contributed by atoms with E-state index in [0.717, 1.165) is 6.07 Å². The fraction of sp³-hybridized carbons (Fsp3) is 0. The number of carbonyl (C=O) groups is 1. The van der Waals surface area contributed by atoms with Crippen LogP contribution >= 0.6 is 11.6 Å². The molecule has 0 atom stereocenters. The van der Waals surface area contributed by atoms with Crippen molar-refractivity contribution in [1.82, 2.24) is 0 Å². The second-order valence-electron chi connectivity index (χ2n) is 3.50. The molecule has 1 N–H and O–H groups in total. The van der Waals surface area contributed by atoms with Crippen LogP contribution in [0.4, 0.5) is 9.57 Å². The van der Waals surface area contributed by atoms with Gasteiger partial charge in [0.2, 0.25) is 5.22 Å². The van der Waals surface area contributed by atoms with E-state index in [1.807, 2.05) is 0 Å². The highest BCUT2D eigenvalue weighted by Gasteiger charge is 2.20. The van der Waals surface area contributed by atoms with Crippen LogP contribution in [0.2, 0.25) is 5.22 Å². The van der Waals surface area contributed by atoms with E-state index in [-0.39, 0.29) is 16.5 Å². The summed E-state index contributed by atoms with van der Waals surface area (Å²) >= 11 is 5.61. The maximum Gasteiger partial charge on any atom is 0.334 e. The second-order valence-corrected chi connectivity index (χ2v) is 5.15. The standard InChI is InChI=1S/C11H7ClFNO4S/c12-10-7(5-6-18-10)11(15)14-8-3-1-2-4-9(8)19(13,16)17/h1-6H,(H,14,15). The molecule has 0 aliphatic carbocycles. The van der Waals surface area contributed by atoms with Crippen LogP contribution in [-0.4, -0.2) is 14.3 Å². The van der Waals surface area contributed by atoms with Crippen LogP contribution in [0.5, 0.6) is 0 Å². The molecular weight excluding hydrogens is 297 g/mol. The lowest BCUT2D eigenvalue weighted by molar-refractivity contribution is 0.102. The fourth-order valence-corrected chi connectivity index (χ4v) is 2.25. The van der Waals surface area contributed by atoms with Gasteiger partial charge >= 0.3 is 10.2 Å². The summed E-state index contributed by atoms with van der Waals surface area (Å²) in [5, 5.41) is 2.12. The number of halogens is 2. The van der Waals surface area contributed by atoms with Crippen molar-refractivity contribution in [3.05, 3.63) is 47.4 Å². The Kier molecular flexibility index (Phi) is 3.59. The van der Waals surface area contributed by atoms with Gasteiger partial charge in [-0.2, -0.15) is 8.42 Å². The number of carbonyl (C=O) groups excluding carboxylic acids is 1. The lowest BCUT2D eigenvalue weighted by Gasteiger charge is -2.07. The van der Waals surface area contributed by atoms with Gasteiger partial charge in [-0.3, -0.25) is 4.79 Å². The number of amides is 1. The highest BCUT2D eigenvalue weighted by Crippen LogP contribution is 2.24. The predicted molar refractivity (Wildman–Crippen MR) is 66.4 cm³/mol. The summed E-state index contributed by atoms with van der Waals surface area (Å²) in [6, 6.07) is 6.42. The van der Waals surface area contributed by atoms with Crippen molar-refractivity contribution < 1.29 is 21.5 Å². The number of furan rings is 1. The van der Waals surface area contributed by atoms with Gasteiger partial charge < -0.3 is 9.73 Å². The quantitative estimate of drug-likeness (QED) is 0.885. The van der Waals surface area contributed by atoms with E-state index < -0.39 is 21.0 Å². The Balaban J connectivity index is 2.35. The van der Waals surface area contributed by atoms with Crippen LogP contribution in [0.25, 0.3) is 0 Å². The normalized spacial score (nSPS) is 11.3. The summed E-state index contributed by atoms with van der Waals surface area (Å²) in [7, 11) is -4.93. The molecule has 2 rings (SSSR count). The Hall–Kier alpha value is -1.86. The third-order valence-electron chi connectivity index (χ3n) is 2.26. The molecule has 0 unspecified atom stereocenters. The van der Waals surface area contributed by atoms with Gasteiger partial charge in [0.1, 0.15) is 4.90 Å². The first kappa shape index (κ1) is 13.6. The van der Waals surface area contributed by atoms with E-state index >= 15 is 0 Å².